The van der Waals surface area contributed by atoms with E-state index in [1.807, 2.05) is 31.2 Å². The smallest absolute Gasteiger partial charge is 0.291 e. The number of H-pyrrole nitrogens is 1. The molecule has 0 aliphatic heterocycles. The highest BCUT2D eigenvalue weighted by molar-refractivity contribution is 5.93. The summed E-state index contributed by atoms with van der Waals surface area (Å²) in [5.41, 5.74) is 3.63. The Hall–Kier alpha value is -4.01. The lowest BCUT2D eigenvalue weighted by molar-refractivity contribution is 0.0950. The number of pyridine rings is 1. The second-order valence-electron chi connectivity index (χ2n) is 5.77. The van der Waals surface area contributed by atoms with Gasteiger partial charge in [0.15, 0.2) is 0 Å². The van der Waals surface area contributed by atoms with Crippen LogP contribution in [0.3, 0.4) is 0 Å². The van der Waals surface area contributed by atoms with Gasteiger partial charge >= 0.3 is 0 Å². The standard InChI is InChI=1S/C20H19N5O4/c1-3-29-15-6-4-13(5-7-15)17-11-21-12-18(24-17)20(27)25-23-9-14-8-16(28-2)10-22-19(14)26/h4-12H,3H2,1-2H3,(H,22,26)(H,25,27)/b23-9+. The molecule has 148 valence electrons. The van der Waals surface area contributed by atoms with Gasteiger partial charge in [0, 0.05) is 11.8 Å². The van der Waals surface area contributed by atoms with Crippen LogP contribution in [0.5, 0.6) is 11.5 Å². The predicted octanol–water partition coefficient (Wildman–Crippen LogP) is 2.00. The summed E-state index contributed by atoms with van der Waals surface area (Å²) < 4.78 is 10.5. The van der Waals surface area contributed by atoms with Crippen LogP contribution < -0.4 is 20.5 Å². The first-order valence-corrected chi connectivity index (χ1v) is 8.76. The average Bonchev–Trinajstić information content (AvgIpc) is 2.76. The van der Waals surface area contributed by atoms with E-state index in [2.05, 4.69) is 25.5 Å². The minimum atomic E-state index is -0.555. The number of amides is 1. The zero-order valence-corrected chi connectivity index (χ0v) is 15.9. The van der Waals surface area contributed by atoms with Crippen molar-refractivity contribution >= 4 is 12.1 Å². The largest absolute Gasteiger partial charge is 0.495 e. The summed E-state index contributed by atoms with van der Waals surface area (Å²) in [6.45, 7) is 2.49. The van der Waals surface area contributed by atoms with Gasteiger partial charge in [-0.15, -0.1) is 0 Å². The van der Waals surface area contributed by atoms with Gasteiger partial charge in [-0.3, -0.25) is 14.6 Å². The molecule has 9 heteroatoms. The van der Waals surface area contributed by atoms with Crippen LogP contribution in [0.2, 0.25) is 0 Å². The highest BCUT2D eigenvalue weighted by Crippen LogP contribution is 2.20. The first-order valence-electron chi connectivity index (χ1n) is 8.76. The summed E-state index contributed by atoms with van der Waals surface area (Å²) in [5, 5.41) is 3.80. The van der Waals surface area contributed by atoms with Crippen molar-refractivity contribution in [2.45, 2.75) is 6.92 Å². The van der Waals surface area contributed by atoms with E-state index >= 15 is 0 Å². The molecule has 0 unspecified atom stereocenters. The lowest BCUT2D eigenvalue weighted by Gasteiger charge is -2.05. The predicted molar refractivity (Wildman–Crippen MR) is 107 cm³/mol. The number of hydrogen-bond donors (Lipinski definition) is 2. The first kappa shape index (κ1) is 19.7. The number of hydrogen-bond acceptors (Lipinski definition) is 7. The molecule has 0 saturated carbocycles. The van der Waals surface area contributed by atoms with Crippen LogP contribution in [0.15, 0.2) is 58.8 Å². The second-order valence-corrected chi connectivity index (χ2v) is 5.77. The van der Waals surface area contributed by atoms with Crippen LogP contribution in [-0.2, 0) is 0 Å². The number of rotatable bonds is 7. The minimum Gasteiger partial charge on any atom is -0.495 e. The molecule has 0 atom stereocenters. The Morgan fingerprint density at radius 1 is 1.24 bits per heavy atom. The van der Waals surface area contributed by atoms with E-state index in [0.717, 1.165) is 11.3 Å². The van der Waals surface area contributed by atoms with Crippen LogP contribution >= 0.6 is 0 Å². The van der Waals surface area contributed by atoms with E-state index in [1.165, 1.54) is 31.8 Å². The Morgan fingerprint density at radius 3 is 2.76 bits per heavy atom. The number of carbonyl (C=O) groups excluding carboxylic acids is 1. The number of hydrazone groups is 1. The summed E-state index contributed by atoms with van der Waals surface area (Å²) in [6.07, 6.45) is 5.55. The van der Waals surface area contributed by atoms with E-state index in [0.29, 0.717) is 18.1 Å². The number of benzene rings is 1. The van der Waals surface area contributed by atoms with Gasteiger partial charge in [0.05, 0.1) is 43.6 Å². The van der Waals surface area contributed by atoms with Crippen LogP contribution in [0.4, 0.5) is 0 Å². The van der Waals surface area contributed by atoms with Crippen LogP contribution in [0.25, 0.3) is 11.3 Å². The number of ether oxygens (including phenoxy) is 2. The lowest BCUT2D eigenvalue weighted by Crippen LogP contribution is -2.20. The molecule has 0 aliphatic rings. The Kier molecular flexibility index (Phi) is 6.31. The molecule has 0 fully saturated rings. The fourth-order valence-corrected chi connectivity index (χ4v) is 2.41. The fraction of sp³-hybridized carbons (Fsp3) is 0.150. The zero-order chi connectivity index (χ0) is 20.6. The molecule has 0 spiro atoms. The SMILES string of the molecule is CCOc1ccc(-c2cncc(C(=O)N/N=C/c3cc(OC)c[nH]c3=O)n2)cc1. The van der Waals surface area contributed by atoms with Gasteiger partial charge in [0.2, 0.25) is 0 Å². The average molecular weight is 393 g/mol. The summed E-state index contributed by atoms with van der Waals surface area (Å²) in [4.78, 5) is 34.9. The molecule has 9 nitrogen and oxygen atoms in total. The molecule has 3 rings (SSSR count). The number of aromatic amines is 1. The molecule has 2 aromatic heterocycles. The molecular formula is C20H19N5O4. The maximum Gasteiger partial charge on any atom is 0.291 e. The van der Waals surface area contributed by atoms with E-state index in [-0.39, 0.29) is 16.8 Å². The van der Waals surface area contributed by atoms with Crippen molar-refractivity contribution in [3.63, 3.8) is 0 Å². The van der Waals surface area contributed by atoms with Gasteiger partial charge in [0.25, 0.3) is 11.5 Å². The Balaban J connectivity index is 1.72. The highest BCUT2D eigenvalue weighted by atomic mass is 16.5. The number of aromatic nitrogens is 3. The van der Waals surface area contributed by atoms with Gasteiger partial charge in [-0.2, -0.15) is 5.10 Å². The third-order valence-corrected chi connectivity index (χ3v) is 3.84. The normalized spacial score (nSPS) is 10.7. The first-order chi connectivity index (χ1) is 14.1. The summed E-state index contributed by atoms with van der Waals surface area (Å²) in [6, 6.07) is 8.82. The van der Waals surface area contributed by atoms with Crippen LogP contribution in [0.1, 0.15) is 23.0 Å². The van der Waals surface area contributed by atoms with Crippen molar-refractivity contribution in [3.8, 4) is 22.8 Å². The third kappa shape index (κ3) is 5.04. The highest BCUT2D eigenvalue weighted by Gasteiger charge is 2.09. The number of methoxy groups -OCH3 is 1. The van der Waals surface area contributed by atoms with Crippen LogP contribution in [-0.4, -0.2) is 40.8 Å². The third-order valence-electron chi connectivity index (χ3n) is 3.84. The molecule has 0 saturated heterocycles. The molecule has 1 amide bonds. The number of nitrogens with zero attached hydrogens (tertiary/aromatic N) is 3. The molecule has 0 bridgehead atoms. The van der Waals surface area contributed by atoms with Crippen molar-refractivity contribution in [3.05, 3.63) is 70.5 Å². The molecule has 2 heterocycles. The maximum atomic E-state index is 12.3. The molecule has 0 radical (unpaired) electrons. The molecule has 0 aliphatic carbocycles. The summed E-state index contributed by atoms with van der Waals surface area (Å²) in [5.74, 6) is 0.659. The van der Waals surface area contributed by atoms with Crippen molar-refractivity contribution in [2.24, 2.45) is 5.10 Å². The molecule has 1 aromatic carbocycles. The minimum absolute atomic E-state index is 0.0908. The van der Waals surface area contributed by atoms with Crippen LogP contribution in [0, 0.1) is 0 Å². The quantitative estimate of drug-likeness (QED) is 0.468. The van der Waals surface area contributed by atoms with Gasteiger partial charge in [-0.1, -0.05) is 0 Å². The molecule has 2 N–H and O–H groups in total. The van der Waals surface area contributed by atoms with Gasteiger partial charge in [-0.05, 0) is 37.3 Å². The lowest BCUT2D eigenvalue weighted by atomic mass is 10.1. The van der Waals surface area contributed by atoms with Gasteiger partial charge in [-0.25, -0.2) is 10.4 Å². The molecular weight excluding hydrogens is 374 g/mol. The van der Waals surface area contributed by atoms with Gasteiger partial charge < -0.3 is 14.5 Å². The van der Waals surface area contributed by atoms with Crippen molar-refractivity contribution < 1.29 is 14.3 Å². The summed E-state index contributed by atoms with van der Waals surface area (Å²) in [7, 11) is 1.48. The maximum absolute atomic E-state index is 12.3. The van der Waals surface area contributed by atoms with E-state index in [9.17, 15) is 9.59 Å². The Morgan fingerprint density at radius 2 is 2.03 bits per heavy atom. The second kappa shape index (κ2) is 9.27. The molecule has 3 aromatic rings. The van der Waals surface area contributed by atoms with E-state index < -0.39 is 5.91 Å². The van der Waals surface area contributed by atoms with E-state index in [1.54, 1.807) is 6.20 Å². The monoisotopic (exact) mass is 393 g/mol. The van der Waals surface area contributed by atoms with Crippen molar-refractivity contribution in [1.82, 2.24) is 20.4 Å². The fourth-order valence-electron chi connectivity index (χ4n) is 2.41. The molecule has 29 heavy (non-hydrogen) atoms. The van der Waals surface area contributed by atoms with Gasteiger partial charge in [0.1, 0.15) is 17.2 Å². The topological polar surface area (TPSA) is 119 Å². The van der Waals surface area contributed by atoms with Crippen molar-refractivity contribution in [2.75, 3.05) is 13.7 Å². The van der Waals surface area contributed by atoms with E-state index in [4.69, 9.17) is 9.47 Å². The Bertz CT molecular complexity index is 1080. The number of carbonyl (C=O) groups is 1. The number of nitrogens with one attached hydrogen (secondary N) is 2. The van der Waals surface area contributed by atoms with Crippen molar-refractivity contribution in [1.29, 1.82) is 0 Å². The Labute approximate surface area is 166 Å². The summed E-state index contributed by atoms with van der Waals surface area (Å²) >= 11 is 0. The zero-order valence-electron chi connectivity index (χ0n) is 15.9.